The molecule has 3 heteroatoms. The molecule has 0 aromatic carbocycles. The molecule has 1 amide bonds. The van der Waals surface area contributed by atoms with Gasteiger partial charge in [-0.1, -0.05) is 13.3 Å². The highest BCUT2D eigenvalue weighted by Crippen LogP contribution is 2.23. The van der Waals surface area contributed by atoms with Crippen molar-refractivity contribution in [2.75, 3.05) is 13.1 Å². The van der Waals surface area contributed by atoms with Crippen molar-refractivity contribution in [3.63, 3.8) is 0 Å². The molecule has 0 spiro atoms. The number of hydrogen-bond donors (Lipinski definition) is 1. The van der Waals surface area contributed by atoms with Gasteiger partial charge in [0.1, 0.15) is 0 Å². The molecule has 1 N–H and O–H groups in total. The summed E-state index contributed by atoms with van der Waals surface area (Å²) in [6.07, 6.45) is 3.67. The zero-order valence-electron chi connectivity index (χ0n) is 10.1. The molecule has 0 aliphatic carbocycles. The summed E-state index contributed by atoms with van der Waals surface area (Å²) in [7, 11) is 0. The van der Waals surface area contributed by atoms with Gasteiger partial charge in [0.2, 0.25) is 5.91 Å². The zero-order chi connectivity index (χ0) is 11.5. The number of carbonyl (C=O) groups excluding carboxylic acids is 1. The van der Waals surface area contributed by atoms with Gasteiger partial charge in [-0.05, 0) is 32.6 Å². The van der Waals surface area contributed by atoms with E-state index in [0.717, 1.165) is 19.4 Å². The van der Waals surface area contributed by atoms with Gasteiger partial charge in [-0.3, -0.25) is 4.79 Å². The Balaban J connectivity index is 2.34. The van der Waals surface area contributed by atoms with Crippen molar-refractivity contribution in [3.8, 4) is 0 Å². The minimum absolute atomic E-state index is 0.262. The highest BCUT2D eigenvalue weighted by Gasteiger charge is 2.29. The van der Waals surface area contributed by atoms with Gasteiger partial charge in [-0.15, -0.1) is 0 Å². The number of rotatable bonds is 5. The molecule has 0 aromatic rings. The van der Waals surface area contributed by atoms with Gasteiger partial charge in [0.05, 0.1) is 5.60 Å². The summed E-state index contributed by atoms with van der Waals surface area (Å²) in [5.41, 5.74) is -0.664. The van der Waals surface area contributed by atoms with Crippen molar-refractivity contribution in [2.45, 2.75) is 52.1 Å². The van der Waals surface area contributed by atoms with Gasteiger partial charge in [-0.2, -0.15) is 0 Å². The van der Waals surface area contributed by atoms with Gasteiger partial charge in [0, 0.05) is 19.5 Å². The summed E-state index contributed by atoms with van der Waals surface area (Å²) >= 11 is 0. The number of aliphatic hydroxyl groups is 1. The average molecular weight is 213 g/mol. The van der Waals surface area contributed by atoms with Crippen LogP contribution in [0.1, 0.15) is 46.5 Å². The van der Waals surface area contributed by atoms with E-state index in [1.165, 1.54) is 0 Å². The van der Waals surface area contributed by atoms with Crippen LogP contribution in [-0.2, 0) is 4.79 Å². The first kappa shape index (κ1) is 12.5. The van der Waals surface area contributed by atoms with Crippen LogP contribution in [-0.4, -0.2) is 34.6 Å². The number of likely N-dealkylation sites (tertiary alicyclic amines) is 1. The first-order valence-electron chi connectivity index (χ1n) is 5.92. The molecule has 1 aliphatic rings. The van der Waals surface area contributed by atoms with Crippen molar-refractivity contribution in [2.24, 2.45) is 5.92 Å². The molecule has 1 saturated heterocycles. The van der Waals surface area contributed by atoms with Gasteiger partial charge in [0.25, 0.3) is 0 Å². The molecule has 1 fully saturated rings. The Hall–Kier alpha value is -0.570. The van der Waals surface area contributed by atoms with E-state index in [2.05, 4.69) is 6.92 Å². The second-order valence-electron chi connectivity index (χ2n) is 5.26. The Kier molecular flexibility index (Phi) is 4.14. The van der Waals surface area contributed by atoms with Crippen LogP contribution >= 0.6 is 0 Å². The van der Waals surface area contributed by atoms with E-state index in [0.29, 0.717) is 25.3 Å². The minimum atomic E-state index is -0.664. The molecule has 0 bridgehead atoms. The normalized spacial score (nSPS) is 22.5. The summed E-state index contributed by atoms with van der Waals surface area (Å²) in [6, 6.07) is 0. The molecular weight excluding hydrogens is 190 g/mol. The van der Waals surface area contributed by atoms with Gasteiger partial charge in [0.15, 0.2) is 0 Å². The SMILES string of the molecule is CCCC1CC(=O)N(CCC(C)(C)O)C1. The van der Waals surface area contributed by atoms with E-state index in [9.17, 15) is 9.90 Å². The molecule has 3 nitrogen and oxygen atoms in total. The van der Waals surface area contributed by atoms with E-state index >= 15 is 0 Å². The molecule has 1 atom stereocenters. The van der Waals surface area contributed by atoms with E-state index in [1.54, 1.807) is 13.8 Å². The fourth-order valence-electron chi connectivity index (χ4n) is 2.08. The Morgan fingerprint density at radius 1 is 1.53 bits per heavy atom. The highest BCUT2D eigenvalue weighted by atomic mass is 16.3. The Morgan fingerprint density at radius 2 is 2.20 bits per heavy atom. The van der Waals surface area contributed by atoms with Crippen molar-refractivity contribution >= 4 is 5.91 Å². The number of carbonyl (C=O) groups is 1. The molecule has 1 heterocycles. The average Bonchev–Trinajstić information content (AvgIpc) is 2.42. The lowest BCUT2D eigenvalue weighted by Gasteiger charge is -2.22. The van der Waals surface area contributed by atoms with E-state index in [1.807, 2.05) is 4.90 Å². The van der Waals surface area contributed by atoms with Gasteiger partial charge in [-0.25, -0.2) is 0 Å². The Labute approximate surface area is 92.5 Å². The van der Waals surface area contributed by atoms with Crippen LogP contribution < -0.4 is 0 Å². The molecule has 88 valence electrons. The van der Waals surface area contributed by atoms with Crippen LogP contribution in [0.2, 0.25) is 0 Å². The van der Waals surface area contributed by atoms with E-state index in [-0.39, 0.29) is 5.91 Å². The molecule has 1 aliphatic heterocycles. The topological polar surface area (TPSA) is 40.5 Å². The van der Waals surface area contributed by atoms with Crippen LogP contribution in [0, 0.1) is 5.92 Å². The molecule has 1 rings (SSSR count). The number of nitrogens with zero attached hydrogens (tertiary/aromatic N) is 1. The number of hydrogen-bond acceptors (Lipinski definition) is 2. The first-order valence-corrected chi connectivity index (χ1v) is 5.92. The summed E-state index contributed by atoms with van der Waals surface area (Å²) in [4.78, 5) is 13.5. The van der Waals surface area contributed by atoms with Crippen molar-refractivity contribution in [1.82, 2.24) is 4.90 Å². The maximum atomic E-state index is 11.6. The lowest BCUT2D eigenvalue weighted by atomic mass is 10.0. The third-order valence-corrected chi connectivity index (χ3v) is 2.99. The maximum absolute atomic E-state index is 11.6. The highest BCUT2D eigenvalue weighted by molar-refractivity contribution is 5.78. The van der Waals surface area contributed by atoms with E-state index in [4.69, 9.17) is 0 Å². The molecule has 0 aromatic heterocycles. The van der Waals surface area contributed by atoms with Crippen LogP contribution in [0.3, 0.4) is 0 Å². The summed E-state index contributed by atoms with van der Waals surface area (Å²) < 4.78 is 0. The lowest BCUT2D eigenvalue weighted by molar-refractivity contribution is -0.128. The second-order valence-corrected chi connectivity index (χ2v) is 5.26. The monoisotopic (exact) mass is 213 g/mol. The predicted octanol–water partition coefficient (Wildman–Crippen LogP) is 1.80. The molecule has 1 unspecified atom stereocenters. The molecule has 0 saturated carbocycles. The Bertz CT molecular complexity index is 220. The van der Waals surface area contributed by atoms with Gasteiger partial charge < -0.3 is 10.0 Å². The van der Waals surface area contributed by atoms with Crippen LogP contribution in [0.5, 0.6) is 0 Å². The summed E-state index contributed by atoms with van der Waals surface area (Å²) in [5.74, 6) is 0.807. The van der Waals surface area contributed by atoms with Crippen molar-refractivity contribution < 1.29 is 9.90 Å². The zero-order valence-corrected chi connectivity index (χ0v) is 10.1. The fourth-order valence-corrected chi connectivity index (χ4v) is 2.08. The Morgan fingerprint density at radius 3 is 2.73 bits per heavy atom. The summed E-state index contributed by atoms with van der Waals surface area (Å²) in [6.45, 7) is 7.32. The summed E-state index contributed by atoms with van der Waals surface area (Å²) in [5, 5.41) is 9.60. The van der Waals surface area contributed by atoms with Crippen LogP contribution in [0.4, 0.5) is 0 Å². The largest absolute Gasteiger partial charge is 0.390 e. The molecule has 0 radical (unpaired) electrons. The van der Waals surface area contributed by atoms with Crippen LogP contribution in [0.15, 0.2) is 0 Å². The van der Waals surface area contributed by atoms with E-state index < -0.39 is 5.60 Å². The number of amides is 1. The molecular formula is C12H23NO2. The molecule has 15 heavy (non-hydrogen) atoms. The fraction of sp³-hybridized carbons (Fsp3) is 0.917. The minimum Gasteiger partial charge on any atom is -0.390 e. The maximum Gasteiger partial charge on any atom is 0.222 e. The van der Waals surface area contributed by atoms with Crippen molar-refractivity contribution in [3.05, 3.63) is 0 Å². The lowest BCUT2D eigenvalue weighted by Crippen LogP contribution is -2.32. The second kappa shape index (κ2) is 4.97. The standard InChI is InChI=1S/C12H23NO2/c1-4-5-10-8-11(14)13(9-10)7-6-12(2,3)15/h10,15H,4-9H2,1-3H3. The quantitative estimate of drug-likeness (QED) is 0.756. The van der Waals surface area contributed by atoms with Crippen LogP contribution in [0.25, 0.3) is 0 Å². The first-order chi connectivity index (χ1) is 6.92. The predicted molar refractivity (Wildman–Crippen MR) is 60.5 cm³/mol. The third-order valence-electron chi connectivity index (χ3n) is 2.99. The van der Waals surface area contributed by atoms with Crippen molar-refractivity contribution in [1.29, 1.82) is 0 Å². The van der Waals surface area contributed by atoms with Gasteiger partial charge >= 0.3 is 0 Å². The smallest absolute Gasteiger partial charge is 0.222 e. The third kappa shape index (κ3) is 4.20.